The number of rotatable bonds is 1. The van der Waals surface area contributed by atoms with Crippen LogP contribution in [0.1, 0.15) is 5.56 Å². The van der Waals surface area contributed by atoms with Crippen molar-refractivity contribution in [3.05, 3.63) is 45.6 Å². The second kappa shape index (κ2) is 4.37. The van der Waals surface area contributed by atoms with E-state index in [1.165, 1.54) is 6.08 Å². The van der Waals surface area contributed by atoms with Crippen molar-refractivity contribution in [3.8, 4) is 5.75 Å². The first-order valence-electron chi connectivity index (χ1n) is 4.58. The number of nitrogens with zero attached hydrogens (tertiary/aromatic N) is 1. The molecule has 0 N–H and O–H groups in total. The van der Waals surface area contributed by atoms with Crippen molar-refractivity contribution < 1.29 is 9.66 Å². The minimum absolute atomic E-state index is 0.274. The summed E-state index contributed by atoms with van der Waals surface area (Å²) in [5, 5.41) is 10.9. The Bertz CT molecular complexity index is 496. The summed E-state index contributed by atoms with van der Waals surface area (Å²) < 4.78 is 3.47. The van der Waals surface area contributed by atoms with Gasteiger partial charge in [0, 0.05) is 11.6 Å². The maximum Gasteiger partial charge on any atom is 0.291 e. The SMILES string of the molecule is O=[N+]([O-])C1=Cc2ccccc2OC1C(Cl)(Cl)Cl. The summed E-state index contributed by atoms with van der Waals surface area (Å²) in [7, 11) is 0. The van der Waals surface area contributed by atoms with Crippen molar-refractivity contribution >= 4 is 40.9 Å². The highest BCUT2D eigenvalue weighted by atomic mass is 35.6. The number of nitro groups is 1. The number of fused-ring (bicyclic) bond motifs is 1. The average molecular weight is 295 g/mol. The van der Waals surface area contributed by atoms with Gasteiger partial charge in [-0.3, -0.25) is 10.1 Å². The number of hydrogen-bond donors (Lipinski definition) is 0. The topological polar surface area (TPSA) is 52.4 Å². The molecule has 0 saturated carbocycles. The molecule has 1 atom stereocenters. The van der Waals surface area contributed by atoms with Crippen LogP contribution in [0.2, 0.25) is 0 Å². The highest BCUT2D eigenvalue weighted by Gasteiger charge is 2.46. The number of benzene rings is 1. The van der Waals surface area contributed by atoms with Crippen LogP contribution in [0.4, 0.5) is 0 Å². The average Bonchev–Trinajstić information content (AvgIpc) is 2.26. The van der Waals surface area contributed by atoms with Crippen LogP contribution in [-0.4, -0.2) is 14.8 Å². The molecule has 0 amide bonds. The molecular formula is C10H6Cl3NO3. The molecule has 1 aliphatic heterocycles. The highest BCUT2D eigenvalue weighted by Crippen LogP contribution is 2.41. The maximum atomic E-state index is 10.9. The molecule has 1 aromatic rings. The lowest BCUT2D eigenvalue weighted by atomic mass is 10.1. The molecule has 0 aromatic heterocycles. The van der Waals surface area contributed by atoms with Gasteiger partial charge in [0.2, 0.25) is 9.90 Å². The van der Waals surface area contributed by atoms with E-state index in [-0.39, 0.29) is 5.70 Å². The van der Waals surface area contributed by atoms with Crippen LogP contribution in [0.25, 0.3) is 6.08 Å². The van der Waals surface area contributed by atoms with Gasteiger partial charge in [0.25, 0.3) is 5.70 Å². The van der Waals surface area contributed by atoms with Gasteiger partial charge >= 0.3 is 0 Å². The lowest BCUT2D eigenvalue weighted by Crippen LogP contribution is -2.38. The molecule has 1 aromatic carbocycles. The fourth-order valence-electron chi connectivity index (χ4n) is 1.51. The number of hydrogen-bond acceptors (Lipinski definition) is 3. The molecule has 0 saturated heterocycles. The Morgan fingerprint density at radius 2 is 1.94 bits per heavy atom. The molecule has 0 spiro atoms. The zero-order valence-electron chi connectivity index (χ0n) is 8.27. The van der Waals surface area contributed by atoms with Crippen molar-refractivity contribution in [2.75, 3.05) is 0 Å². The molecule has 2 rings (SSSR count). The second-order valence-electron chi connectivity index (χ2n) is 3.40. The summed E-state index contributed by atoms with van der Waals surface area (Å²) in [6, 6.07) is 6.82. The Balaban J connectivity index is 2.51. The molecule has 0 aliphatic carbocycles. The third kappa shape index (κ3) is 2.49. The largest absolute Gasteiger partial charge is 0.474 e. The van der Waals surface area contributed by atoms with Crippen LogP contribution in [0, 0.1) is 10.1 Å². The first kappa shape index (κ1) is 12.5. The molecule has 1 unspecified atom stereocenters. The van der Waals surface area contributed by atoms with Crippen LogP contribution in [-0.2, 0) is 0 Å². The van der Waals surface area contributed by atoms with E-state index in [0.717, 1.165) is 0 Å². The first-order chi connectivity index (χ1) is 7.89. The van der Waals surface area contributed by atoms with Crippen LogP contribution in [0.3, 0.4) is 0 Å². The van der Waals surface area contributed by atoms with E-state index in [2.05, 4.69) is 0 Å². The van der Waals surface area contributed by atoms with Gasteiger partial charge in [-0.2, -0.15) is 0 Å². The third-order valence-electron chi connectivity index (χ3n) is 2.24. The summed E-state index contributed by atoms with van der Waals surface area (Å²) in [4.78, 5) is 10.3. The van der Waals surface area contributed by atoms with E-state index in [0.29, 0.717) is 11.3 Å². The summed E-state index contributed by atoms with van der Waals surface area (Å²) >= 11 is 17.0. The molecule has 0 fully saturated rings. The van der Waals surface area contributed by atoms with E-state index in [9.17, 15) is 10.1 Å². The number of ether oxygens (including phenoxy) is 1. The first-order valence-corrected chi connectivity index (χ1v) is 5.71. The van der Waals surface area contributed by atoms with Gasteiger partial charge < -0.3 is 4.74 Å². The molecule has 4 nitrogen and oxygen atoms in total. The summed E-state index contributed by atoms with van der Waals surface area (Å²) in [6.45, 7) is 0. The predicted octanol–water partition coefficient (Wildman–Crippen LogP) is 3.44. The Hall–Kier alpha value is -0.970. The van der Waals surface area contributed by atoms with Crippen LogP contribution in [0.5, 0.6) is 5.75 Å². The molecule has 7 heteroatoms. The van der Waals surface area contributed by atoms with Gasteiger partial charge in [-0.05, 0) is 6.07 Å². The van der Waals surface area contributed by atoms with Crippen molar-refractivity contribution in [1.29, 1.82) is 0 Å². The lowest BCUT2D eigenvalue weighted by Gasteiger charge is -2.26. The van der Waals surface area contributed by atoms with E-state index in [1.54, 1.807) is 24.3 Å². The fraction of sp³-hybridized carbons (Fsp3) is 0.200. The molecule has 0 radical (unpaired) electrons. The minimum atomic E-state index is -1.90. The Morgan fingerprint density at radius 1 is 1.29 bits per heavy atom. The predicted molar refractivity (Wildman–Crippen MR) is 66.1 cm³/mol. The zero-order valence-corrected chi connectivity index (χ0v) is 10.5. The monoisotopic (exact) mass is 293 g/mol. The third-order valence-corrected chi connectivity index (χ3v) is 2.84. The minimum Gasteiger partial charge on any atom is -0.474 e. The van der Waals surface area contributed by atoms with Crippen molar-refractivity contribution in [3.63, 3.8) is 0 Å². The quantitative estimate of drug-likeness (QED) is 0.453. The van der Waals surface area contributed by atoms with Crippen molar-refractivity contribution in [1.82, 2.24) is 0 Å². The van der Waals surface area contributed by atoms with Gasteiger partial charge in [-0.25, -0.2) is 0 Å². The van der Waals surface area contributed by atoms with Crippen LogP contribution >= 0.6 is 34.8 Å². The number of para-hydroxylation sites is 1. The zero-order chi connectivity index (χ0) is 12.6. The van der Waals surface area contributed by atoms with Gasteiger partial charge in [0.15, 0.2) is 0 Å². The van der Waals surface area contributed by atoms with E-state index in [1.807, 2.05) is 0 Å². The summed E-state index contributed by atoms with van der Waals surface area (Å²) in [6.07, 6.45) is 0.128. The molecule has 0 bridgehead atoms. The molecule has 1 heterocycles. The fourth-order valence-corrected chi connectivity index (χ4v) is 1.98. The smallest absolute Gasteiger partial charge is 0.291 e. The van der Waals surface area contributed by atoms with E-state index in [4.69, 9.17) is 39.5 Å². The summed E-state index contributed by atoms with van der Waals surface area (Å²) in [5.74, 6) is 0.453. The van der Waals surface area contributed by atoms with Crippen molar-refractivity contribution in [2.24, 2.45) is 0 Å². The molecule has 1 aliphatic rings. The van der Waals surface area contributed by atoms with E-state index >= 15 is 0 Å². The summed E-state index contributed by atoms with van der Waals surface area (Å²) in [5.41, 5.74) is 0.313. The standard InChI is InChI=1S/C10H6Cl3NO3/c11-10(12,13)9-7(14(15)16)5-6-3-1-2-4-8(6)17-9/h1-5,9H. The van der Waals surface area contributed by atoms with Gasteiger partial charge in [0.05, 0.1) is 4.92 Å². The van der Waals surface area contributed by atoms with Gasteiger partial charge in [0.1, 0.15) is 5.75 Å². The van der Waals surface area contributed by atoms with Gasteiger partial charge in [-0.1, -0.05) is 53.0 Å². The second-order valence-corrected chi connectivity index (χ2v) is 5.77. The molecule has 90 valence electrons. The van der Waals surface area contributed by atoms with Gasteiger partial charge in [-0.15, -0.1) is 0 Å². The van der Waals surface area contributed by atoms with Crippen LogP contribution < -0.4 is 4.74 Å². The molecular weight excluding hydrogens is 288 g/mol. The van der Waals surface area contributed by atoms with Crippen molar-refractivity contribution in [2.45, 2.75) is 9.90 Å². The Morgan fingerprint density at radius 3 is 2.53 bits per heavy atom. The lowest BCUT2D eigenvalue weighted by molar-refractivity contribution is -0.433. The normalized spacial score (nSPS) is 19.0. The highest BCUT2D eigenvalue weighted by molar-refractivity contribution is 6.68. The van der Waals surface area contributed by atoms with Crippen LogP contribution in [0.15, 0.2) is 30.0 Å². The Kier molecular flexibility index (Phi) is 3.21. The Labute approximate surface area is 112 Å². The number of alkyl halides is 3. The number of halogens is 3. The van der Waals surface area contributed by atoms with E-state index < -0.39 is 14.8 Å². The molecule has 17 heavy (non-hydrogen) atoms. The maximum absolute atomic E-state index is 10.9.